The number of isocyanates is 1. The first-order valence-corrected chi connectivity index (χ1v) is 4.89. The summed E-state index contributed by atoms with van der Waals surface area (Å²) in [6, 6.07) is 7.69. The number of hydrogen-bond acceptors (Lipinski definition) is 3. The van der Waals surface area contributed by atoms with Crippen molar-refractivity contribution in [2.45, 2.75) is 6.10 Å². The van der Waals surface area contributed by atoms with E-state index >= 15 is 0 Å². The monoisotopic (exact) mass is 255 g/mol. The minimum absolute atomic E-state index is 0.202. The number of benzene rings is 1. The summed E-state index contributed by atoms with van der Waals surface area (Å²) in [7, 11) is 1.59. The topological polar surface area (TPSA) is 38.7 Å². The molecule has 1 aromatic carbocycles. The molecule has 1 aromatic rings. The van der Waals surface area contributed by atoms with Crippen LogP contribution in [0.2, 0.25) is 0 Å². The van der Waals surface area contributed by atoms with Gasteiger partial charge in [-0.15, -0.1) is 0 Å². The lowest BCUT2D eigenvalue weighted by Gasteiger charge is -2.13. The Hall–Kier alpha value is -0.960. The molecule has 0 N–H and O–H groups in total. The van der Waals surface area contributed by atoms with Gasteiger partial charge in [0, 0.05) is 11.6 Å². The van der Waals surface area contributed by atoms with Crippen LogP contribution in [0.1, 0.15) is 11.7 Å². The molecular weight excluding hydrogens is 246 g/mol. The van der Waals surface area contributed by atoms with Crippen LogP contribution in [0.25, 0.3) is 0 Å². The van der Waals surface area contributed by atoms with E-state index in [9.17, 15) is 4.79 Å². The normalized spacial score (nSPS) is 11.9. The molecular formula is C10H10BrNO2. The smallest absolute Gasteiger partial charge is 0.235 e. The molecule has 0 spiro atoms. The number of carbonyl (C=O) groups excluding carboxylic acids is 1. The number of halogens is 1. The van der Waals surface area contributed by atoms with Crippen LogP contribution in [0, 0.1) is 0 Å². The summed E-state index contributed by atoms with van der Waals surface area (Å²) >= 11 is 3.41. The van der Waals surface area contributed by atoms with Crippen LogP contribution in [0.3, 0.4) is 0 Å². The van der Waals surface area contributed by atoms with Crippen LogP contribution in [0.5, 0.6) is 0 Å². The number of ether oxygens (including phenoxy) is 1. The standard InChI is InChI=1S/C10H10BrNO2/c1-14-10(6-12-7-13)8-4-2-3-5-9(8)11/h2-5,10H,6H2,1H3. The second-order valence-electron chi connectivity index (χ2n) is 2.68. The molecule has 0 heterocycles. The van der Waals surface area contributed by atoms with Crippen molar-refractivity contribution in [3.05, 3.63) is 34.3 Å². The van der Waals surface area contributed by atoms with E-state index in [0.717, 1.165) is 10.0 Å². The summed E-state index contributed by atoms with van der Waals surface area (Å²) in [6.45, 7) is 0.294. The fraction of sp³-hybridized carbons (Fsp3) is 0.300. The predicted molar refractivity (Wildman–Crippen MR) is 56.9 cm³/mol. The zero-order chi connectivity index (χ0) is 10.4. The van der Waals surface area contributed by atoms with Crippen molar-refractivity contribution in [2.24, 2.45) is 4.99 Å². The van der Waals surface area contributed by atoms with Crippen LogP contribution < -0.4 is 0 Å². The molecule has 0 saturated carbocycles. The van der Waals surface area contributed by atoms with Crippen molar-refractivity contribution in [1.82, 2.24) is 0 Å². The van der Waals surface area contributed by atoms with Gasteiger partial charge in [0.05, 0.1) is 6.54 Å². The van der Waals surface area contributed by atoms with E-state index in [1.807, 2.05) is 24.3 Å². The average Bonchev–Trinajstić information content (AvgIpc) is 2.21. The van der Waals surface area contributed by atoms with E-state index in [0.29, 0.717) is 6.54 Å². The third kappa shape index (κ3) is 2.77. The fourth-order valence-electron chi connectivity index (χ4n) is 1.16. The highest BCUT2D eigenvalue weighted by atomic mass is 79.9. The van der Waals surface area contributed by atoms with Crippen molar-refractivity contribution in [3.8, 4) is 0 Å². The molecule has 0 aliphatic heterocycles. The maximum atomic E-state index is 9.98. The summed E-state index contributed by atoms with van der Waals surface area (Å²) in [5, 5.41) is 0. The third-order valence-corrected chi connectivity index (χ3v) is 2.58. The number of methoxy groups -OCH3 is 1. The molecule has 0 aromatic heterocycles. The van der Waals surface area contributed by atoms with Crippen LogP contribution in [0.15, 0.2) is 33.7 Å². The average molecular weight is 256 g/mol. The van der Waals surface area contributed by atoms with E-state index in [4.69, 9.17) is 4.74 Å². The first-order chi connectivity index (χ1) is 6.79. The van der Waals surface area contributed by atoms with Gasteiger partial charge in [0.25, 0.3) is 0 Å². The van der Waals surface area contributed by atoms with Crippen LogP contribution in [-0.4, -0.2) is 19.7 Å². The van der Waals surface area contributed by atoms with E-state index in [-0.39, 0.29) is 6.10 Å². The molecule has 3 nitrogen and oxygen atoms in total. The molecule has 1 atom stereocenters. The SMILES string of the molecule is COC(CN=C=O)c1ccccc1Br. The summed E-state index contributed by atoms with van der Waals surface area (Å²) in [5.41, 5.74) is 0.981. The zero-order valence-corrected chi connectivity index (χ0v) is 9.32. The number of nitrogens with zero attached hydrogens (tertiary/aromatic N) is 1. The van der Waals surface area contributed by atoms with E-state index in [1.54, 1.807) is 7.11 Å². The first-order valence-electron chi connectivity index (χ1n) is 4.10. The molecule has 0 radical (unpaired) electrons. The summed E-state index contributed by atoms with van der Waals surface area (Å²) in [5.74, 6) is 0. The number of hydrogen-bond donors (Lipinski definition) is 0. The Kier molecular flexibility index (Phi) is 4.53. The molecule has 0 saturated heterocycles. The van der Waals surface area contributed by atoms with Crippen molar-refractivity contribution < 1.29 is 9.53 Å². The Labute approximate surface area is 90.9 Å². The van der Waals surface area contributed by atoms with Gasteiger partial charge in [-0.1, -0.05) is 34.1 Å². The van der Waals surface area contributed by atoms with Crippen molar-refractivity contribution in [3.63, 3.8) is 0 Å². The molecule has 0 amide bonds. The molecule has 1 rings (SSSR count). The molecule has 4 heteroatoms. The van der Waals surface area contributed by atoms with Gasteiger partial charge in [-0.3, -0.25) is 0 Å². The second kappa shape index (κ2) is 5.70. The van der Waals surface area contributed by atoms with Crippen LogP contribution >= 0.6 is 15.9 Å². The predicted octanol–water partition coefficient (Wildman–Crippen LogP) is 2.47. The Morgan fingerprint density at radius 2 is 2.29 bits per heavy atom. The van der Waals surface area contributed by atoms with Crippen LogP contribution in [-0.2, 0) is 9.53 Å². The van der Waals surface area contributed by atoms with Gasteiger partial charge in [0.2, 0.25) is 6.08 Å². The first kappa shape index (κ1) is 11.1. The van der Waals surface area contributed by atoms with Gasteiger partial charge in [-0.05, 0) is 11.6 Å². The summed E-state index contributed by atoms with van der Waals surface area (Å²) in [4.78, 5) is 13.5. The maximum Gasteiger partial charge on any atom is 0.235 e. The molecule has 0 aliphatic rings. The Balaban J connectivity index is 2.88. The largest absolute Gasteiger partial charge is 0.375 e. The highest BCUT2D eigenvalue weighted by Crippen LogP contribution is 2.25. The minimum atomic E-state index is -0.202. The minimum Gasteiger partial charge on any atom is -0.375 e. The third-order valence-electron chi connectivity index (χ3n) is 1.86. The lowest BCUT2D eigenvalue weighted by molar-refractivity contribution is 0.110. The van der Waals surface area contributed by atoms with E-state index < -0.39 is 0 Å². The highest BCUT2D eigenvalue weighted by molar-refractivity contribution is 9.10. The lowest BCUT2D eigenvalue weighted by Crippen LogP contribution is -2.05. The maximum absolute atomic E-state index is 9.98. The summed E-state index contributed by atoms with van der Waals surface area (Å²) in [6.07, 6.45) is 1.30. The van der Waals surface area contributed by atoms with Gasteiger partial charge < -0.3 is 4.74 Å². The van der Waals surface area contributed by atoms with E-state index in [1.165, 1.54) is 6.08 Å². The van der Waals surface area contributed by atoms with Gasteiger partial charge in [-0.25, -0.2) is 9.79 Å². The van der Waals surface area contributed by atoms with Gasteiger partial charge in [0.15, 0.2) is 0 Å². The molecule has 0 aliphatic carbocycles. The zero-order valence-electron chi connectivity index (χ0n) is 7.74. The highest BCUT2D eigenvalue weighted by Gasteiger charge is 2.12. The quantitative estimate of drug-likeness (QED) is 0.613. The van der Waals surface area contributed by atoms with Gasteiger partial charge >= 0.3 is 0 Å². The Bertz CT molecular complexity index is 348. The molecule has 14 heavy (non-hydrogen) atoms. The lowest BCUT2D eigenvalue weighted by atomic mass is 10.1. The summed E-state index contributed by atoms with van der Waals surface area (Å²) < 4.78 is 6.17. The molecule has 0 bridgehead atoms. The van der Waals surface area contributed by atoms with Crippen molar-refractivity contribution in [2.75, 3.05) is 13.7 Å². The Morgan fingerprint density at radius 3 is 2.86 bits per heavy atom. The van der Waals surface area contributed by atoms with Crippen LogP contribution in [0.4, 0.5) is 0 Å². The van der Waals surface area contributed by atoms with Crippen molar-refractivity contribution >= 4 is 22.0 Å². The molecule has 74 valence electrons. The van der Waals surface area contributed by atoms with Gasteiger partial charge in [0.1, 0.15) is 6.10 Å². The Morgan fingerprint density at radius 1 is 1.57 bits per heavy atom. The van der Waals surface area contributed by atoms with E-state index in [2.05, 4.69) is 20.9 Å². The molecule has 1 unspecified atom stereocenters. The second-order valence-corrected chi connectivity index (χ2v) is 3.53. The number of rotatable bonds is 4. The fourth-order valence-corrected chi connectivity index (χ4v) is 1.70. The van der Waals surface area contributed by atoms with Gasteiger partial charge in [-0.2, -0.15) is 0 Å². The number of aliphatic imine (C=N–C) groups is 1. The molecule has 0 fully saturated rings. The van der Waals surface area contributed by atoms with Crippen molar-refractivity contribution in [1.29, 1.82) is 0 Å².